The maximum atomic E-state index is 12.5. The van der Waals surface area contributed by atoms with E-state index in [9.17, 15) is 13.2 Å². The zero-order chi connectivity index (χ0) is 15.4. The molecule has 20 heavy (non-hydrogen) atoms. The first-order chi connectivity index (χ1) is 9.13. The maximum Gasteiger partial charge on any atom is 0.446 e. The molecule has 0 heterocycles. The van der Waals surface area contributed by atoms with Gasteiger partial charge in [-0.15, -0.1) is 0 Å². The van der Waals surface area contributed by atoms with Crippen molar-refractivity contribution in [1.82, 2.24) is 0 Å². The first-order valence-electron chi connectivity index (χ1n) is 7.02. The molecule has 0 atom stereocenters. The lowest BCUT2D eigenvalue weighted by molar-refractivity contribution is -0.0328. The average molecular weight is 304 g/mol. The Morgan fingerprint density at radius 1 is 1.05 bits per heavy atom. The summed E-state index contributed by atoms with van der Waals surface area (Å²) in [6.07, 6.45) is 4.33. The van der Waals surface area contributed by atoms with E-state index in [1.807, 2.05) is 26.8 Å². The van der Waals surface area contributed by atoms with E-state index < -0.39 is 5.51 Å². The highest BCUT2D eigenvalue weighted by Crippen LogP contribution is 2.39. The molecule has 0 amide bonds. The molecule has 0 N–H and O–H groups in total. The fraction of sp³-hybridized carbons (Fsp3) is 0.625. The lowest BCUT2D eigenvalue weighted by atomic mass is 9.82. The van der Waals surface area contributed by atoms with E-state index in [0.717, 1.165) is 31.2 Å². The summed E-state index contributed by atoms with van der Waals surface area (Å²) in [5.41, 5.74) is -2.15. The lowest BCUT2D eigenvalue weighted by Gasteiger charge is -2.24. The minimum atomic E-state index is -4.22. The van der Waals surface area contributed by atoms with Crippen LogP contribution >= 0.6 is 11.8 Å². The van der Waals surface area contributed by atoms with Crippen LogP contribution in [-0.4, -0.2) is 5.51 Å². The van der Waals surface area contributed by atoms with Gasteiger partial charge in [0, 0.05) is 4.90 Å². The zero-order valence-electron chi connectivity index (χ0n) is 12.6. The smallest absolute Gasteiger partial charge is 0.160 e. The predicted octanol–water partition coefficient (Wildman–Crippen LogP) is 6.33. The summed E-state index contributed by atoms with van der Waals surface area (Å²) in [6.45, 7) is 8.29. The Balaban J connectivity index is 3.01. The number of hydrogen-bond acceptors (Lipinski definition) is 1. The molecule has 0 bridgehead atoms. The summed E-state index contributed by atoms with van der Waals surface area (Å²) in [5.74, 6) is 0. The highest BCUT2D eigenvalue weighted by atomic mass is 32.2. The largest absolute Gasteiger partial charge is 0.446 e. The van der Waals surface area contributed by atoms with Gasteiger partial charge in [0.05, 0.1) is 0 Å². The highest BCUT2D eigenvalue weighted by Gasteiger charge is 2.30. The molecule has 0 unspecified atom stereocenters. The van der Waals surface area contributed by atoms with Crippen LogP contribution in [0.15, 0.2) is 23.1 Å². The molecule has 0 saturated heterocycles. The third kappa shape index (κ3) is 5.78. The second kappa shape index (κ2) is 6.88. The third-order valence-electron chi connectivity index (χ3n) is 3.17. The summed E-state index contributed by atoms with van der Waals surface area (Å²) in [6, 6.07) is 5.17. The van der Waals surface area contributed by atoms with Crippen molar-refractivity contribution in [3.63, 3.8) is 0 Å². The molecule has 4 heteroatoms. The molecule has 0 aliphatic carbocycles. The van der Waals surface area contributed by atoms with E-state index in [1.54, 1.807) is 12.1 Å². The Labute approximate surface area is 124 Å². The standard InChI is InChI=1S/C16H23F3S/c1-5-6-7-8-12-9-10-13(20-16(17,18)19)11-14(12)15(2,3)4/h9-11H,5-8H2,1-4H3. The van der Waals surface area contributed by atoms with Crippen molar-refractivity contribution in [1.29, 1.82) is 0 Å². The van der Waals surface area contributed by atoms with Crippen molar-refractivity contribution in [3.8, 4) is 0 Å². The van der Waals surface area contributed by atoms with Gasteiger partial charge >= 0.3 is 5.51 Å². The number of halogens is 3. The fourth-order valence-electron chi connectivity index (χ4n) is 2.23. The average Bonchev–Trinajstić information content (AvgIpc) is 2.27. The molecule has 0 aromatic heterocycles. The number of thioether (sulfide) groups is 1. The van der Waals surface area contributed by atoms with Gasteiger partial charge in [0.1, 0.15) is 0 Å². The molecular formula is C16H23F3S. The Morgan fingerprint density at radius 3 is 2.20 bits per heavy atom. The molecule has 0 radical (unpaired) electrons. The first-order valence-corrected chi connectivity index (χ1v) is 7.84. The minimum absolute atomic E-state index is 0.0319. The van der Waals surface area contributed by atoms with Crippen molar-refractivity contribution in [2.24, 2.45) is 0 Å². The van der Waals surface area contributed by atoms with Gasteiger partial charge < -0.3 is 0 Å². The predicted molar refractivity (Wildman–Crippen MR) is 80.3 cm³/mol. The lowest BCUT2D eigenvalue weighted by Crippen LogP contribution is -2.15. The van der Waals surface area contributed by atoms with Gasteiger partial charge in [-0.1, -0.05) is 46.6 Å². The van der Waals surface area contributed by atoms with E-state index in [4.69, 9.17) is 0 Å². The van der Waals surface area contributed by atoms with Crippen LogP contribution in [0.5, 0.6) is 0 Å². The van der Waals surface area contributed by atoms with Crippen LogP contribution in [0.2, 0.25) is 0 Å². The molecule has 0 fully saturated rings. The molecule has 1 aromatic carbocycles. The van der Waals surface area contributed by atoms with Gasteiger partial charge in [0.25, 0.3) is 0 Å². The summed E-state index contributed by atoms with van der Waals surface area (Å²) >= 11 is -0.0319. The second-order valence-corrected chi connectivity index (χ2v) is 7.21. The molecule has 114 valence electrons. The van der Waals surface area contributed by atoms with Crippen LogP contribution in [-0.2, 0) is 11.8 Å². The van der Waals surface area contributed by atoms with Crippen molar-refractivity contribution in [3.05, 3.63) is 29.3 Å². The molecule has 0 nitrogen and oxygen atoms in total. The Kier molecular flexibility index (Phi) is 5.99. The number of benzene rings is 1. The monoisotopic (exact) mass is 304 g/mol. The van der Waals surface area contributed by atoms with Crippen molar-refractivity contribution in [2.75, 3.05) is 0 Å². The van der Waals surface area contributed by atoms with Crippen molar-refractivity contribution >= 4 is 11.8 Å². The molecule has 0 spiro atoms. The van der Waals surface area contributed by atoms with Gasteiger partial charge in [-0.2, -0.15) is 13.2 Å². The number of unbranched alkanes of at least 4 members (excludes halogenated alkanes) is 2. The number of aryl methyl sites for hydroxylation is 1. The van der Waals surface area contributed by atoms with E-state index in [0.29, 0.717) is 0 Å². The van der Waals surface area contributed by atoms with Crippen LogP contribution in [0.3, 0.4) is 0 Å². The molecule has 0 aliphatic rings. The SMILES string of the molecule is CCCCCc1ccc(SC(F)(F)F)cc1C(C)(C)C. The van der Waals surface area contributed by atoms with Crippen molar-refractivity contribution < 1.29 is 13.2 Å². The molecule has 0 aliphatic heterocycles. The Hall–Kier alpha value is -0.640. The number of hydrogen-bond donors (Lipinski definition) is 0. The summed E-state index contributed by atoms with van der Waals surface area (Å²) < 4.78 is 37.4. The maximum absolute atomic E-state index is 12.5. The highest BCUT2D eigenvalue weighted by molar-refractivity contribution is 8.00. The van der Waals surface area contributed by atoms with Gasteiger partial charge in [0.15, 0.2) is 0 Å². The van der Waals surface area contributed by atoms with E-state index in [-0.39, 0.29) is 22.1 Å². The number of rotatable bonds is 5. The molecular weight excluding hydrogens is 281 g/mol. The second-order valence-electron chi connectivity index (χ2n) is 6.07. The zero-order valence-corrected chi connectivity index (χ0v) is 13.4. The topological polar surface area (TPSA) is 0 Å². The Morgan fingerprint density at radius 2 is 1.70 bits per heavy atom. The summed E-state index contributed by atoms with van der Waals surface area (Å²) in [7, 11) is 0. The third-order valence-corrected chi connectivity index (χ3v) is 3.89. The van der Waals surface area contributed by atoms with Crippen LogP contribution < -0.4 is 0 Å². The molecule has 1 aromatic rings. The molecule has 1 rings (SSSR count). The van der Waals surface area contributed by atoms with E-state index in [1.165, 1.54) is 5.56 Å². The van der Waals surface area contributed by atoms with Crippen LogP contribution in [0.1, 0.15) is 58.1 Å². The van der Waals surface area contributed by atoms with Gasteiger partial charge in [-0.05, 0) is 53.3 Å². The van der Waals surface area contributed by atoms with Crippen LogP contribution in [0.4, 0.5) is 13.2 Å². The summed E-state index contributed by atoms with van der Waals surface area (Å²) in [4.78, 5) is 0.279. The summed E-state index contributed by atoms with van der Waals surface area (Å²) in [5, 5.41) is 0. The van der Waals surface area contributed by atoms with Crippen LogP contribution in [0.25, 0.3) is 0 Å². The number of alkyl halides is 3. The van der Waals surface area contributed by atoms with Gasteiger partial charge in [0.2, 0.25) is 0 Å². The van der Waals surface area contributed by atoms with Crippen LogP contribution in [0, 0.1) is 0 Å². The quantitative estimate of drug-likeness (QED) is 0.452. The molecule has 0 saturated carbocycles. The first kappa shape index (κ1) is 17.4. The Bertz CT molecular complexity index is 430. The van der Waals surface area contributed by atoms with Crippen molar-refractivity contribution in [2.45, 2.75) is 69.2 Å². The normalized spacial score (nSPS) is 12.8. The van der Waals surface area contributed by atoms with E-state index >= 15 is 0 Å². The van der Waals surface area contributed by atoms with Gasteiger partial charge in [-0.25, -0.2) is 0 Å². The minimum Gasteiger partial charge on any atom is -0.160 e. The fourth-order valence-corrected chi connectivity index (χ4v) is 2.81. The van der Waals surface area contributed by atoms with Gasteiger partial charge in [-0.3, -0.25) is 0 Å². The van der Waals surface area contributed by atoms with E-state index in [2.05, 4.69) is 6.92 Å².